The monoisotopic (exact) mass is 449 g/mol. The van der Waals surface area contributed by atoms with Crippen molar-refractivity contribution in [2.24, 2.45) is 0 Å². The molecule has 0 spiro atoms. The quantitative estimate of drug-likeness (QED) is 0.558. The number of hydrogen-bond acceptors (Lipinski definition) is 3. The van der Waals surface area contributed by atoms with Crippen LogP contribution in [0.1, 0.15) is 22.7 Å². The van der Waals surface area contributed by atoms with Gasteiger partial charge in [0.05, 0.1) is 13.2 Å². The molecular weight excluding hydrogens is 430 g/mol. The first-order chi connectivity index (χ1) is 14.1. The lowest BCUT2D eigenvalue weighted by atomic mass is 9.93. The molecule has 1 heterocycles. The fourth-order valence-electron chi connectivity index (χ4n) is 3.68. The van der Waals surface area contributed by atoms with E-state index < -0.39 is 0 Å². The molecule has 4 nitrogen and oxygen atoms in total. The Kier molecular flexibility index (Phi) is 5.41. The Balaban J connectivity index is 1.78. The molecule has 0 aromatic heterocycles. The van der Waals surface area contributed by atoms with Gasteiger partial charge in [-0.3, -0.25) is 4.79 Å². The van der Waals surface area contributed by atoms with Gasteiger partial charge in [0.15, 0.2) is 5.76 Å². The molecule has 1 atom stereocenters. The van der Waals surface area contributed by atoms with Crippen LogP contribution in [0.2, 0.25) is 0 Å². The Morgan fingerprint density at radius 2 is 1.72 bits per heavy atom. The van der Waals surface area contributed by atoms with Crippen molar-refractivity contribution in [1.29, 1.82) is 0 Å². The molecule has 3 aromatic rings. The number of benzene rings is 3. The minimum absolute atomic E-state index is 0.199. The van der Waals surface area contributed by atoms with E-state index in [9.17, 15) is 9.90 Å². The summed E-state index contributed by atoms with van der Waals surface area (Å²) in [6.07, 6.45) is 0. The highest BCUT2D eigenvalue weighted by molar-refractivity contribution is 9.10. The summed E-state index contributed by atoms with van der Waals surface area (Å²) in [7, 11) is 1.62. The zero-order valence-electron chi connectivity index (χ0n) is 15.9. The van der Waals surface area contributed by atoms with Gasteiger partial charge in [-0.05, 0) is 41.0 Å². The van der Waals surface area contributed by atoms with E-state index in [-0.39, 0.29) is 17.7 Å². The molecule has 0 saturated carbocycles. The van der Waals surface area contributed by atoms with Crippen LogP contribution in [0, 0.1) is 0 Å². The highest BCUT2D eigenvalue weighted by atomic mass is 79.9. The standard InChI is InChI=1S/C24H20BrNO3/c1-29-20-12-10-16(11-13-20)15-26-22(18-8-5-9-19(25)14-18)21(23(27)24(26)28)17-6-3-2-4-7-17/h2-14,22,27H,15H2,1H3. The summed E-state index contributed by atoms with van der Waals surface area (Å²) in [6.45, 7) is 0.375. The Labute approximate surface area is 178 Å². The zero-order chi connectivity index (χ0) is 20.4. The van der Waals surface area contributed by atoms with Crippen LogP contribution in [-0.2, 0) is 11.3 Å². The molecule has 5 heteroatoms. The van der Waals surface area contributed by atoms with Gasteiger partial charge in [0.2, 0.25) is 0 Å². The second-order valence-corrected chi connectivity index (χ2v) is 7.78. The maximum absolute atomic E-state index is 13.1. The van der Waals surface area contributed by atoms with E-state index in [1.54, 1.807) is 12.0 Å². The minimum atomic E-state index is -0.385. The van der Waals surface area contributed by atoms with Gasteiger partial charge in [0.1, 0.15) is 5.75 Å². The maximum atomic E-state index is 13.1. The molecular formula is C24H20BrNO3. The van der Waals surface area contributed by atoms with Crippen LogP contribution in [0.3, 0.4) is 0 Å². The molecule has 1 aliphatic rings. The van der Waals surface area contributed by atoms with Crippen molar-refractivity contribution < 1.29 is 14.6 Å². The predicted octanol–water partition coefficient (Wildman–Crippen LogP) is 5.51. The van der Waals surface area contributed by atoms with Crippen molar-refractivity contribution in [3.63, 3.8) is 0 Å². The second kappa shape index (κ2) is 8.13. The molecule has 1 N–H and O–H groups in total. The van der Waals surface area contributed by atoms with E-state index in [0.717, 1.165) is 26.9 Å². The van der Waals surface area contributed by atoms with Gasteiger partial charge >= 0.3 is 0 Å². The van der Waals surface area contributed by atoms with E-state index in [2.05, 4.69) is 15.9 Å². The second-order valence-electron chi connectivity index (χ2n) is 6.87. The third kappa shape index (κ3) is 3.78. The molecule has 0 radical (unpaired) electrons. The molecule has 1 amide bonds. The van der Waals surface area contributed by atoms with Gasteiger partial charge in [0, 0.05) is 16.6 Å². The van der Waals surface area contributed by atoms with Gasteiger partial charge in [-0.25, -0.2) is 0 Å². The normalized spacial score (nSPS) is 16.4. The summed E-state index contributed by atoms with van der Waals surface area (Å²) in [5.74, 6) is 0.190. The van der Waals surface area contributed by atoms with Crippen LogP contribution in [0.5, 0.6) is 5.75 Å². The van der Waals surface area contributed by atoms with Crippen LogP contribution >= 0.6 is 15.9 Å². The third-order valence-corrected chi connectivity index (χ3v) is 5.56. The van der Waals surface area contributed by atoms with E-state index >= 15 is 0 Å². The van der Waals surface area contributed by atoms with Crippen LogP contribution in [0.25, 0.3) is 5.57 Å². The number of aliphatic hydroxyl groups excluding tert-OH is 1. The van der Waals surface area contributed by atoms with Crippen molar-refractivity contribution in [2.45, 2.75) is 12.6 Å². The first-order valence-electron chi connectivity index (χ1n) is 9.26. The number of carbonyl (C=O) groups is 1. The number of carbonyl (C=O) groups excluding carboxylic acids is 1. The van der Waals surface area contributed by atoms with E-state index in [1.165, 1.54) is 0 Å². The number of ether oxygens (including phenoxy) is 1. The number of nitrogens with zero attached hydrogens (tertiary/aromatic N) is 1. The SMILES string of the molecule is COc1ccc(CN2C(=O)C(O)=C(c3ccccc3)C2c2cccc(Br)c2)cc1. The minimum Gasteiger partial charge on any atom is -0.503 e. The number of amides is 1. The van der Waals surface area contributed by atoms with Gasteiger partial charge in [0.25, 0.3) is 5.91 Å². The van der Waals surface area contributed by atoms with Gasteiger partial charge in [-0.2, -0.15) is 0 Å². The van der Waals surface area contributed by atoms with Crippen molar-refractivity contribution in [2.75, 3.05) is 7.11 Å². The van der Waals surface area contributed by atoms with Gasteiger partial charge in [-0.15, -0.1) is 0 Å². The lowest BCUT2D eigenvalue weighted by molar-refractivity contribution is -0.130. The summed E-state index contributed by atoms with van der Waals surface area (Å²) in [5, 5.41) is 10.8. The molecule has 3 aromatic carbocycles. The molecule has 1 unspecified atom stereocenters. The van der Waals surface area contributed by atoms with Crippen molar-refractivity contribution in [3.8, 4) is 5.75 Å². The van der Waals surface area contributed by atoms with Crippen LogP contribution in [0.15, 0.2) is 89.1 Å². The van der Waals surface area contributed by atoms with Crippen molar-refractivity contribution in [3.05, 3.63) is 106 Å². The summed E-state index contributed by atoms with van der Waals surface area (Å²) in [4.78, 5) is 14.8. The predicted molar refractivity (Wildman–Crippen MR) is 116 cm³/mol. The Bertz CT molecular complexity index is 1060. The van der Waals surface area contributed by atoms with Crippen molar-refractivity contribution >= 4 is 27.4 Å². The summed E-state index contributed by atoms with van der Waals surface area (Å²) >= 11 is 3.52. The zero-order valence-corrected chi connectivity index (χ0v) is 17.5. The van der Waals surface area contributed by atoms with E-state index in [4.69, 9.17) is 4.74 Å². The third-order valence-electron chi connectivity index (χ3n) is 5.06. The Morgan fingerprint density at radius 3 is 2.38 bits per heavy atom. The first-order valence-corrected chi connectivity index (χ1v) is 10.1. The highest BCUT2D eigenvalue weighted by Gasteiger charge is 2.40. The number of methoxy groups -OCH3 is 1. The average Bonchev–Trinajstić information content (AvgIpc) is 3.00. The highest BCUT2D eigenvalue weighted by Crippen LogP contribution is 2.44. The topological polar surface area (TPSA) is 49.8 Å². The van der Waals surface area contributed by atoms with Crippen molar-refractivity contribution in [1.82, 2.24) is 4.90 Å². The van der Waals surface area contributed by atoms with Gasteiger partial charge in [-0.1, -0.05) is 70.5 Å². The summed E-state index contributed by atoms with van der Waals surface area (Å²) in [5.41, 5.74) is 3.35. The van der Waals surface area contributed by atoms with Gasteiger partial charge < -0.3 is 14.7 Å². The average molecular weight is 450 g/mol. The Hall–Kier alpha value is -3.05. The smallest absolute Gasteiger partial charge is 0.290 e. The molecule has 0 fully saturated rings. The molecule has 0 saturated heterocycles. The molecule has 0 bridgehead atoms. The molecule has 0 aliphatic carbocycles. The fourth-order valence-corrected chi connectivity index (χ4v) is 4.10. The maximum Gasteiger partial charge on any atom is 0.290 e. The molecule has 29 heavy (non-hydrogen) atoms. The van der Waals surface area contributed by atoms with E-state index in [0.29, 0.717) is 12.1 Å². The summed E-state index contributed by atoms with van der Waals surface area (Å²) in [6, 6.07) is 24.6. The fraction of sp³-hybridized carbons (Fsp3) is 0.125. The Morgan fingerprint density at radius 1 is 1.00 bits per heavy atom. The molecule has 1 aliphatic heterocycles. The lowest BCUT2D eigenvalue weighted by Crippen LogP contribution is -2.29. The first kappa shape index (κ1) is 19.3. The molecule has 4 rings (SSSR count). The molecule has 146 valence electrons. The van der Waals surface area contributed by atoms with E-state index in [1.807, 2.05) is 78.9 Å². The number of aliphatic hydroxyl groups is 1. The summed E-state index contributed by atoms with van der Waals surface area (Å²) < 4.78 is 6.14. The number of hydrogen-bond donors (Lipinski definition) is 1. The van der Waals surface area contributed by atoms with Crippen LogP contribution in [0.4, 0.5) is 0 Å². The van der Waals surface area contributed by atoms with Crippen LogP contribution in [-0.4, -0.2) is 23.0 Å². The lowest BCUT2D eigenvalue weighted by Gasteiger charge is -2.27. The largest absolute Gasteiger partial charge is 0.503 e. The van der Waals surface area contributed by atoms with Crippen LogP contribution < -0.4 is 4.74 Å². The number of rotatable bonds is 5. The number of halogens is 1.